The standard InChI is InChI=1S/C20H21FN2O4/c1-12-4-9-15(27-12)17-16(18(24)13-5-7-14(21)8-6-13)19(25)20(26)23(17)11-10-22(2)3/h4-9,17,24H,10-11H2,1-3H3/b18-16+/t17-/m1/s1. The summed E-state index contributed by atoms with van der Waals surface area (Å²) < 4.78 is 18.9. The second-order valence-electron chi connectivity index (χ2n) is 6.75. The Morgan fingerprint density at radius 1 is 1.19 bits per heavy atom. The highest BCUT2D eigenvalue weighted by Crippen LogP contribution is 2.39. The van der Waals surface area contributed by atoms with Crippen LogP contribution in [-0.4, -0.2) is 53.8 Å². The van der Waals surface area contributed by atoms with Gasteiger partial charge >= 0.3 is 0 Å². The molecule has 0 unspecified atom stereocenters. The Kier molecular flexibility index (Phi) is 5.14. The fourth-order valence-corrected chi connectivity index (χ4v) is 3.08. The average molecular weight is 372 g/mol. The topological polar surface area (TPSA) is 74.0 Å². The summed E-state index contributed by atoms with van der Waals surface area (Å²) in [5.41, 5.74) is 0.204. The van der Waals surface area contributed by atoms with Crippen LogP contribution in [0, 0.1) is 12.7 Å². The molecular weight excluding hydrogens is 351 g/mol. The van der Waals surface area contributed by atoms with Crippen molar-refractivity contribution < 1.29 is 23.5 Å². The molecule has 1 amide bonds. The zero-order valence-electron chi connectivity index (χ0n) is 15.4. The monoisotopic (exact) mass is 372 g/mol. The summed E-state index contributed by atoms with van der Waals surface area (Å²) >= 11 is 0. The number of halogens is 1. The van der Waals surface area contributed by atoms with Crippen LogP contribution in [0.3, 0.4) is 0 Å². The normalized spacial score (nSPS) is 19.3. The molecule has 1 aliphatic heterocycles. The van der Waals surface area contributed by atoms with Crippen molar-refractivity contribution >= 4 is 17.4 Å². The van der Waals surface area contributed by atoms with Crippen LogP contribution in [-0.2, 0) is 9.59 Å². The predicted octanol–water partition coefficient (Wildman–Crippen LogP) is 2.71. The number of aryl methyl sites for hydroxylation is 1. The molecule has 1 atom stereocenters. The molecule has 2 aromatic rings. The first-order chi connectivity index (χ1) is 12.8. The van der Waals surface area contributed by atoms with Crippen LogP contribution in [0.2, 0.25) is 0 Å². The highest BCUT2D eigenvalue weighted by Gasteiger charge is 2.47. The molecule has 2 heterocycles. The maximum Gasteiger partial charge on any atom is 0.295 e. The number of carbonyl (C=O) groups excluding carboxylic acids is 2. The predicted molar refractivity (Wildman–Crippen MR) is 97.4 cm³/mol. The van der Waals surface area contributed by atoms with Crippen LogP contribution in [0.15, 0.2) is 46.4 Å². The molecule has 1 aromatic heterocycles. The molecule has 142 valence electrons. The fourth-order valence-electron chi connectivity index (χ4n) is 3.08. The number of benzene rings is 1. The largest absolute Gasteiger partial charge is 0.507 e. The van der Waals surface area contributed by atoms with Crippen molar-refractivity contribution in [3.8, 4) is 0 Å². The van der Waals surface area contributed by atoms with Crippen LogP contribution in [0.5, 0.6) is 0 Å². The Labute approximate surface area is 156 Å². The van der Waals surface area contributed by atoms with Crippen molar-refractivity contribution in [3.05, 3.63) is 64.9 Å². The third kappa shape index (κ3) is 3.64. The van der Waals surface area contributed by atoms with Crippen molar-refractivity contribution in [2.45, 2.75) is 13.0 Å². The maximum atomic E-state index is 13.2. The van der Waals surface area contributed by atoms with Crippen LogP contribution < -0.4 is 0 Å². The molecule has 1 fully saturated rings. The Morgan fingerprint density at radius 3 is 2.41 bits per heavy atom. The first-order valence-electron chi connectivity index (χ1n) is 8.55. The molecule has 1 N–H and O–H groups in total. The van der Waals surface area contributed by atoms with Gasteiger partial charge in [-0.15, -0.1) is 0 Å². The van der Waals surface area contributed by atoms with Crippen LogP contribution in [0.25, 0.3) is 5.76 Å². The van der Waals surface area contributed by atoms with Gasteiger partial charge in [-0.05, 0) is 57.4 Å². The van der Waals surface area contributed by atoms with Crippen molar-refractivity contribution in [2.75, 3.05) is 27.2 Å². The molecule has 0 bridgehead atoms. The number of carbonyl (C=O) groups is 2. The van der Waals surface area contributed by atoms with E-state index in [-0.39, 0.29) is 16.9 Å². The number of hydrogen-bond acceptors (Lipinski definition) is 5. The molecule has 1 aliphatic rings. The van der Waals surface area contributed by atoms with Crippen LogP contribution in [0.4, 0.5) is 4.39 Å². The Hall–Kier alpha value is -2.93. The van der Waals surface area contributed by atoms with Gasteiger partial charge in [0.1, 0.15) is 29.1 Å². The van der Waals surface area contributed by atoms with E-state index in [0.29, 0.717) is 24.6 Å². The number of likely N-dealkylation sites (N-methyl/N-ethyl adjacent to an activating group) is 1. The Morgan fingerprint density at radius 2 is 1.85 bits per heavy atom. The van der Waals surface area contributed by atoms with Gasteiger partial charge in [-0.1, -0.05) is 0 Å². The molecule has 0 spiro atoms. The van der Waals surface area contributed by atoms with E-state index < -0.39 is 23.5 Å². The number of aliphatic hydroxyl groups excluding tert-OH is 1. The van der Waals surface area contributed by atoms with E-state index in [2.05, 4.69) is 0 Å². The summed E-state index contributed by atoms with van der Waals surface area (Å²) in [5.74, 6) is -1.26. The SMILES string of the molecule is Cc1ccc([C@@H]2/C(=C(\O)c3ccc(F)cc3)C(=O)C(=O)N2CCN(C)C)o1. The van der Waals surface area contributed by atoms with Crippen molar-refractivity contribution in [3.63, 3.8) is 0 Å². The fraction of sp³-hybridized carbons (Fsp3) is 0.300. The molecule has 6 nitrogen and oxygen atoms in total. The van der Waals surface area contributed by atoms with Gasteiger partial charge in [-0.25, -0.2) is 4.39 Å². The number of amides is 1. The van der Waals surface area contributed by atoms with E-state index in [9.17, 15) is 19.1 Å². The molecule has 0 aliphatic carbocycles. The minimum atomic E-state index is -0.830. The summed E-state index contributed by atoms with van der Waals surface area (Å²) in [7, 11) is 3.72. The van der Waals surface area contributed by atoms with Crippen LogP contribution in [0.1, 0.15) is 23.1 Å². The molecule has 1 aromatic carbocycles. The van der Waals surface area contributed by atoms with Gasteiger partial charge < -0.3 is 19.3 Å². The van der Waals surface area contributed by atoms with E-state index >= 15 is 0 Å². The number of hydrogen-bond donors (Lipinski definition) is 1. The smallest absolute Gasteiger partial charge is 0.295 e. The van der Waals surface area contributed by atoms with E-state index in [1.165, 1.54) is 29.2 Å². The Bertz CT molecular complexity index is 899. The van der Waals surface area contributed by atoms with E-state index in [0.717, 1.165) is 0 Å². The first-order valence-corrected chi connectivity index (χ1v) is 8.55. The average Bonchev–Trinajstić information content (AvgIpc) is 3.15. The number of rotatable bonds is 5. The second-order valence-corrected chi connectivity index (χ2v) is 6.75. The molecule has 27 heavy (non-hydrogen) atoms. The van der Waals surface area contributed by atoms with Gasteiger partial charge in [0.15, 0.2) is 0 Å². The molecular formula is C20H21FN2O4. The third-order valence-electron chi connectivity index (χ3n) is 4.48. The van der Waals surface area contributed by atoms with Crippen LogP contribution >= 0.6 is 0 Å². The first kappa shape index (κ1) is 18.8. The number of Topliss-reactive ketones (excluding diaryl/α,β-unsaturated/α-hetero) is 1. The van der Waals surface area contributed by atoms with E-state index in [1.54, 1.807) is 19.1 Å². The second kappa shape index (κ2) is 7.36. The molecule has 0 radical (unpaired) electrons. The summed E-state index contributed by atoms with van der Waals surface area (Å²) in [6.45, 7) is 2.59. The summed E-state index contributed by atoms with van der Waals surface area (Å²) in [4.78, 5) is 28.6. The van der Waals surface area contributed by atoms with Gasteiger partial charge in [0, 0.05) is 18.7 Å². The van der Waals surface area contributed by atoms with Gasteiger partial charge in [-0.2, -0.15) is 0 Å². The third-order valence-corrected chi connectivity index (χ3v) is 4.48. The summed E-state index contributed by atoms with van der Waals surface area (Å²) in [6, 6.07) is 7.69. The number of likely N-dealkylation sites (tertiary alicyclic amines) is 1. The molecule has 1 saturated heterocycles. The van der Waals surface area contributed by atoms with Gasteiger partial charge in [0.25, 0.3) is 11.7 Å². The van der Waals surface area contributed by atoms with Crippen molar-refractivity contribution in [1.29, 1.82) is 0 Å². The highest BCUT2D eigenvalue weighted by atomic mass is 19.1. The lowest BCUT2D eigenvalue weighted by Crippen LogP contribution is -2.35. The van der Waals surface area contributed by atoms with E-state index in [4.69, 9.17) is 4.42 Å². The minimum Gasteiger partial charge on any atom is -0.507 e. The zero-order valence-corrected chi connectivity index (χ0v) is 15.4. The zero-order chi connectivity index (χ0) is 19.7. The lowest BCUT2D eigenvalue weighted by atomic mass is 9.99. The molecule has 3 rings (SSSR count). The lowest BCUT2D eigenvalue weighted by Gasteiger charge is -2.24. The number of furan rings is 1. The molecule has 0 saturated carbocycles. The quantitative estimate of drug-likeness (QED) is 0.496. The maximum absolute atomic E-state index is 13.2. The van der Waals surface area contributed by atoms with Gasteiger partial charge in [-0.3, -0.25) is 9.59 Å². The van der Waals surface area contributed by atoms with Crippen molar-refractivity contribution in [2.24, 2.45) is 0 Å². The summed E-state index contributed by atoms with van der Waals surface area (Å²) in [6.07, 6.45) is 0. The van der Waals surface area contributed by atoms with E-state index in [1.807, 2.05) is 19.0 Å². The summed E-state index contributed by atoms with van der Waals surface area (Å²) in [5, 5.41) is 10.7. The number of aliphatic hydroxyl groups is 1. The Balaban J connectivity index is 2.11. The molecule has 7 heteroatoms. The highest BCUT2D eigenvalue weighted by molar-refractivity contribution is 6.46. The minimum absolute atomic E-state index is 0.0558. The van der Waals surface area contributed by atoms with Crippen molar-refractivity contribution in [1.82, 2.24) is 9.80 Å². The lowest BCUT2D eigenvalue weighted by molar-refractivity contribution is -0.140. The van der Waals surface area contributed by atoms with Gasteiger partial charge in [0.05, 0.1) is 5.57 Å². The number of nitrogens with zero attached hydrogens (tertiary/aromatic N) is 2. The van der Waals surface area contributed by atoms with Gasteiger partial charge in [0.2, 0.25) is 0 Å². The number of ketones is 1.